The highest BCUT2D eigenvalue weighted by Crippen LogP contribution is 2.44. The lowest BCUT2D eigenvalue weighted by Gasteiger charge is -2.23. The number of Topliss-reactive ketones (excluding diaryl/α,β-unsaturated/α-hetero) is 1. The summed E-state index contributed by atoms with van der Waals surface area (Å²) in [7, 11) is 1.49. The molecule has 0 bridgehead atoms. The number of aliphatic hydroxyl groups excluding tert-OH is 1. The summed E-state index contributed by atoms with van der Waals surface area (Å²) < 4.78 is 15.9. The number of rotatable bonds is 9. The summed E-state index contributed by atoms with van der Waals surface area (Å²) in [4.78, 5) is 45.1. The van der Waals surface area contributed by atoms with Gasteiger partial charge in [-0.2, -0.15) is 0 Å². The van der Waals surface area contributed by atoms with Gasteiger partial charge in [-0.15, -0.1) is 0 Å². The summed E-state index contributed by atoms with van der Waals surface area (Å²) in [5.41, 5.74) is 1.09. The van der Waals surface area contributed by atoms with E-state index in [9.17, 15) is 19.5 Å². The van der Waals surface area contributed by atoms with Gasteiger partial charge in [-0.3, -0.25) is 14.5 Å². The van der Waals surface area contributed by atoms with Crippen LogP contribution in [-0.2, 0) is 14.3 Å². The first-order valence-corrected chi connectivity index (χ1v) is 12.6. The Bertz CT molecular complexity index is 1430. The van der Waals surface area contributed by atoms with Gasteiger partial charge in [0.2, 0.25) is 0 Å². The van der Waals surface area contributed by atoms with E-state index in [0.717, 1.165) is 11.3 Å². The second-order valence-corrected chi connectivity index (χ2v) is 9.18. The summed E-state index contributed by atoms with van der Waals surface area (Å²) in [6.45, 7) is 7.43. The molecule has 4 rings (SSSR count). The van der Waals surface area contributed by atoms with Crippen LogP contribution in [0, 0.1) is 6.92 Å². The molecule has 1 aromatic heterocycles. The Morgan fingerprint density at radius 3 is 2.58 bits per heavy atom. The summed E-state index contributed by atoms with van der Waals surface area (Å²) in [6.07, 6.45) is 1.61. The van der Waals surface area contributed by atoms with Gasteiger partial charge in [0.1, 0.15) is 28.7 Å². The van der Waals surface area contributed by atoms with Gasteiger partial charge in [0.05, 0.1) is 31.0 Å². The van der Waals surface area contributed by atoms with Crippen LogP contribution >= 0.6 is 11.3 Å². The smallest absolute Gasteiger partial charge is 0.350 e. The molecule has 1 atom stereocenters. The van der Waals surface area contributed by atoms with E-state index in [1.165, 1.54) is 12.0 Å². The molecule has 1 saturated heterocycles. The first kappa shape index (κ1) is 26.6. The number of anilines is 1. The van der Waals surface area contributed by atoms with Crippen LogP contribution in [0.1, 0.15) is 39.5 Å². The highest BCUT2D eigenvalue weighted by atomic mass is 32.1. The second-order valence-electron chi connectivity index (χ2n) is 8.20. The molecule has 2 heterocycles. The van der Waals surface area contributed by atoms with Crippen molar-refractivity contribution in [2.24, 2.45) is 0 Å². The Kier molecular flexibility index (Phi) is 7.92. The van der Waals surface area contributed by atoms with Gasteiger partial charge < -0.3 is 19.3 Å². The molecule has 0 spiro atoms. The van der Waals surface area contributed by atoms with E-state index in [-0.39, 0.29) is 27.9 Å². The van der Waals surface area contributed by atoms with E-state index < -0.39 is 23.7 Å². The lowest BCUT2D eigenvalue weighted by atomic mass is 9.95. The third-order valence-corrected chi connectivity index (χ3v) is 6.94. The quantitative estimate of drug-likeness (QED) is 0.137. The molecule has 10 heteroatoms. The monoisotopic (exact) mass is 534 g/mol. The molecule has 2 aromatic carbocycles. The number of aromatic nitrogens is 1. The second kappa shape index (κ2) is 11.3. The maximum atomic E-state index is 13.4. The minimum atomic E-state index is -1.02. The van der Waals surface area contributed by atoms with Crippen LogP contribution in [0.2, 0.25) is 0 Å². The fraction of sp³-hybridized carbons (Fsp3) is 0.214. The molecule has 1 unspecified atom stereocenters. The van der Waals surface area contributed by atoms with Crippen LogP contribution in [0.3, 0.4) is 0 Å². The van der Waals surface area contributed by atoms with Gasteiger partial charge in [0.25, 0.3) is 5.78 Å². The highest BCUT2D eigenvalue weighted by Gasteiger charge is 2.48. The molecule has 1 aliphatic rings. The molecule has 38 heavy (non-hydrogen) atoms. The number of carbonyl (C=O) groups is 3. The number of ether oxygens (including phenoxy) is 3. The van der Waals surface area contributed by atoms with Crippen molar-refractivity contribution >= 4 is 39.9 Å². The average molecular weight is 535 g/mol. The third kappa shape index (κ3) is 5.03. The molecule has 196 valence electrons. The number of benzene rings is 2. The molecule has 3 aromatic rings. The van der Waals surface area contributed by atoms with Gasteiger partial charge in [0.15, 0.2) is 5.13 Å². The first-order chi connectivity index (χ1) is 18.3. The van der Waals surface area contributed by atoms with Crippen LogP contribution in [0.15, 0.2) is 66.8 Å². The number of amides is 1. The Balaban J connectivity index is 1.88. The van der Waals surface area contributed by atoms with E-state index in [4.69, 9.17) is 14.2 Å². The topological polar surface area (TPSA) is 115 Å². The van der Waals surface area contributed by atoms with Gasteiger partial charge >= 0.3 is 11.9 Å². The first-order valence-electron chi connectivity index (χ1n) is 11.7. The van der Waals surface area contributed by atoms with Crippen molar-refractivity contribution in [1.82, 2.24) is 4.98 Å². The third-order valence-electron chi connectivity index (χ3n) is 5.80. The Hall–Kier alpha value is -4.44. The summed E-state index contributed by atoms with van der Waals surface area (Å²) >= 11 is 0.946. The molecule has 1 N–H and O–H groups in total. The molecule has 9 nitrogen and oxygen atoms in total. The molecule has 0 radical (unpaired) electrons. The standard InChI is InChI=1S/C28H26N2O7S/c1-5-14-37-19-12-10-17(11-13-19)22-21(23(31)18-8-7-9-20(15-18)35-4)24(32)26(33)30(22)28-29-16(3)25(38-28)27(34)36-6-2/h5,7-13,15,22,31H,1,6,14H2,2-4H3. The van der Waals surface area contributed by atoms with Crippen molar-refractivity contribution in [2.45, 2.75) is 19.9 Å². The zero-order valence-electron chi connectivity index (χ0n) is 21.1. The number of carbonyl (C=O) groups excluding carboxylic acids is 3. The van der Waals surface area contributed by atoms with E-state index in [0.29, 0.717) is 34.9 Å². The molecule has 0 saturated carbocycles. The number of nitrogens with zero attached hydrogens (tertiary/aromatic N) is 2. The molecular formula is C28H26N2O7S. The number of hydrogen-bond acceptors (Lipinski definition) is 9. The summed E-state index contributed by atoms with van der Waals surface area (Å²) in [5, 5.41) is 11.4. The number of hydrogen-bond donors (Lipinski definition) is 1. The van der Waals surface area contributed by atoms with E-state index in [1.54, 1.807) is 68.5 Å². The van der Waals surface area contributed by atoms with Crippen LogP contribution in [0.4, 0.5) is 5.13 Å². The number of aliphatic hydroxyl groups is 1. The Morgan fingerprint density at radius 2 is 1.92 bits per heavy atom. The zero-order valence-corrected chi connectivity index (χ0v) is 21.9. The molecule has 1 aliphatic heterocycles. The minimum Gasteiger partial charge on any atom is -0.507 e. The normalized spacial score (nSPS) is 16.4. The van der Waals surface area contributed by atoms with Crippen molar-refractivity contribution in [3.05, 3.63) is 88.5 Å². The SMILES string of the molecule is C=CCOc1ccc(C2C(=C(O)c3cccc(OC)c3)C(=O)C(=O)N2c2nc(C)c(C(=O)OCC)s2)cc1. The van der Waals surface area contributed by atoms with Crippen molar-refractivity contribution in [3.8, 4) is 11.5 Å². The van der Waals surface area contributed by atoms with E-state index >= 15 is 0 Å². The number of thiazole rings is 1. The predicted molar refractivity (Wildman–Crippen MR) is 143 cm³/mol. The molecule has 0 aliphatic carbocycles. The van der Waals surface area contributed by atoms with Gasteiger partial charge in [0, 0.05) is 5.56 Å². The maximum absolute atomic E-state index is 13.4. The van der Waals surface area contributed by atoms with Crippen molar-refractivity contribution in [2.75, 3.05) is 25.2 Å². The zero-order chi connectivity index (χ0) is 27.4. The van der Waals surface area contributed by atoms with Crippen molar-refractivity contribution < 1.29 is 33.7 Å². The molecular weight excluding hydrogens is 508 g/mol. The number of aryl methyl sites for hydroxylation is 1. The fourth-order valence-electron chi connectivity index (χ4n) is 4.04. The molecule has 1 fully saturated rings. The summed E-state index contributed by atoms with van der Waals surface area (Å²) in [5.74, 6) is -1.66. The van der Waals surface area contributed by atoms with E-state index in [1.807, 2.05) is 0 Å². The largest absolute Gasteiger partial charge is 0.507 e. The van der Waals surface area contributed by atoms with Crippen LogP contribution < -0.4 is 14.4 Å². The summed E-state index contributed by atoms with van der Waals surface area (Å²) in [6, 6.07) is 12.3. The predicted octanol–water partition coefficient (Wildman–Crippen LogP) is 4.83. The minimum absolute atomic E-state index is 0.117. The van der Waals surface area contributed by atoms with Gasteiger partial charge in [-0.1, -0.05) is 48.3 Å². The number of ketones is 1. The Labute approximate surface area is 223 Å². The average Bonchev–Trinajstić information content (AvgIpc) is 3.44. The van der Waals surface area contributed by atoms with Crippen molar-refractivity contribution in [3.63, 3.8) is 0 Å². The number of methoxy groups -OCH3 is 1. The van der Waals surface area contributed by atoms with Crippen LogP contribution in [0.25, 0.3) is 5.76 Å². The lowest BCUT2D eigenvalue weighted by molar-refractivity contribution is -0.132. The number of esters is 1. The van der Waals surface area contributed by atoms with E-state index in [2.05, 4.69) is 11.6 Å². The lowest BCUT2D eigenvalue weighted by Crippen LogP contribution is -2.29. The van der Waals surface area contributed by atoms with Gasteiger partial charge in [-0.25, -0.2) is 9.78 Å². The fourth-order valence-corrected chi connectivity index (χ4v) is 5.03. The van der Waals surface area contributed by atoms with Crippen LogP contribution in [-0.4, -0.2) is 48.1 Å². The maximum Gasteiger partial charge on any atom is 0.350 e. The molecule has 1 amide bonds. The van der Waals surface area contributed by atoms with Gasteiger partial charge in [-0.05, 0) is 43.7 Å². The highest BCUT2D eigenvalue weighted by molar-refractivity contribution is 7.17. The Morgan fingerprint density at radius 1 is 1.18 bits per heavy atom. The van der Waals surface area contributed by atoms with Crippen molar-refractivity contribution in [1.29, 1.82) is 0 Å². The van der Waals surface area contributed by atoms with Crippen LogP contribution in [0.5, 0.6) is 11.5 Å².